The lowest BCUT2D eigenvalue weighted by Crippen LogP contribution is -2.15. The number of benzene rings is 6. The van der Waals surface area contributed by atoms with Gasteiger partial charge in [-0.1, -0.05) is 24.3 Å². The third kappa shape index (κ3) is 12.8. The maximum atomic E-state index is 12.8. The maximum absolute atomic E-state index is 12.8. The van der Waals surface area contributed by atoms with E-state index < -0.39 is 118 Å². The first-order valence-electron chi connectivity index (χ1n) is 18.3. The van der Waals surface area contributed by atoms with Crippen LogP contribution in [0.2, 0.25) is 0 Å². The lowest BCUT2D eigenvalue weighted by molar-refractivity contribution is 0.282. The summed E-state index contributed by atoms with van der Waals surface area (Å²) in [4.78, 5) is -1.99. The molecule has 8 N–H and O–H groups in total. The molecule has 0 aromatic heterocycles. The fourth-order valence-corrected chi connectivity index (χ4v) is 10.2. The summed E-state index contributed by atoms with van der Waals surface area (Å²) in [5.74, 6) is -1.61. The molecule has 0 aliphatic rings. The molecule has 0 amide bonds. The van der Waals surface area contributed by atoms with Crippen LogP contribution in [-0.2, 0) is 69.1 Å². The van der Waals surface area contributed by atoms with Crippen molar-refractivity contribution < 1.29 is 77.1 Å². The highest BCUT2D eigenvalue weighted by Crippen LogP contribution is 2.44. The van der Waals surface area contributed by atoms with Gasteiger partial charge in [-0.05, 0) is 83.6 Å². The molecule has 0 saturated carbocycles. The average Bonchev–Trinajstić information content (AvgIpc) is 3.23. The fourth-order valence-electron chi connectivity index (χ4n) is 5.96. The molecule has 0 aliphatic heterocycles. The average molecular weight is 1060 g/mol. The lowest BCUT2D eigenvalue weighted by Gasteiger charge is -2.11. The Bertz CT molecular complexity index is 3820. The molecule has 360 valence electrons. The minimum atomic E-state index is -5.08. The Morgan fingerprint density at radius 3 is 1.56 bits per heavy atom. The predicted molar refractivity (Wildman–Crippen MR) is 241 cm³/mol. The Balaban J connectivity index is 1.34. The number of nitrogens with two attached hydrogens (primary N) is 2. The van der Waals surface area contributed by atoms with Crippen molar-refractivity contribution in [2.45, 2.75) is 19.6 Å². The van der Waals surface area contributed by atoms with Crippen molar-refractivity contribution in [3.05, 3.63) is 97.1 Å². The SMILES string of the molecule is Nc1c(/N=N/c2ccc(/N=N/c3cccc(S(=O)(=O)CCOS(=O)(=O)O)c3)c3cc(S(=O)(=O)O)ccc23)cc(S(=O)(=O)O)c(N)c1/N=N/c1ccc2cc(S(=O)(=O)CCOS(=O)(=O)O)ccc2c1. The molecule has 6 aromatic rings. The Morgan fingerprint density at radius 2 is 0.956 bits per heavy atom. The fraction of sp³-hybridized carbons (Fsp3) is 0.111. The molecular weight excluding hydrogens is 1020 g/mol. The van der Waals surface area contributed by atoms with E-state index in [2.05, 4.69) is 39.1 Å². The van der Waals surface area contributed by atoms with E-state index in [1.165, 1.54) is 72.8 Å². The molecule has 0 saturated heterocycles. The van der Waals surface area contributed by atoms with Crippen LogP contribution in [0.5, 0.6) is 0 Å². The minimum Gasteiger partial charge on any atom is -0.396 e. The summed E-state index contributed by atoms with van der Waals surface area (Å²) in [7, 11) is -27.9. The summed E-state index contributed by atoms with van der Waals surface area (Å²) >= 11 is 0. The van der Waals surface area contributed by atoms with E-state index in [-0.39, 0.29) is 43.3 Å². The predicted octanol–water partition coefficient (Wildman–Crippen LogP) is 6.08. The van der Waals surface area contributed by atoms with Crippen molar-refractivity contribution >= 4 is 128 Å². The third-order valence-electron chi connectivity index (χ3n) is 9.14. The van der Waals surface area contributed by atoms with Crippen molar-refractivity contribution in [3.63, 3.8) is 0 Å². The van der Waals surface area contributed by atoms with E-state index in [9.17, 15) is 59.6 Å². The van der Waals surface area contributed by atoms with Crippen molar-refractivity contribution in [1.29, 1.82) is 0 Å². The summed E-state index contributed by atoms with van der Waals surface area (Å²) < 4.78 is 189. The van der Waals surface area contributed by atoms with E-state index in [0.717, 1.165) is 24.3 Å². The zero-order valence-electron chi connectivity index (χ0n) is 33.9. The van der Waals surface area contributed by atoms with Crippen LogP contribution in [0.3, 0.4) is 0 Å². The van der Waals surface area contributed by atoms with Gasteiger partial charge in [0.05, 0.1) is 73.5 Å². The number of nitrogens with zero attached hydrogens (tertiary/aromatic N) is 6. The number of azo groups is 3. The number of hydrogen-bond donors (Lipinski definition) is 6. The van der Waals surface area contributed by atoms with Gasteiger partial charge in [-0.3, -0.25) is 18.2 Å². The van der Waals surface area contributed by atoms with Crippen molar-refractivity contribution in [1.82, 2.24) is 0 Å². The Morgan fingerprint density at radius 1 is 0.441 bits per heavy atom. The largest absolute Gasteiger partial charge is 0.397 e. The summed E-state index contributed by atoms with van der Waals surface area (Å²) in [5, 5.41) is 25.3. The van der Waals surface area contributed by atoms with E-state index in [1.54, 1.807) is 0 Å². The van der Waals surface area contributed by atoms with Gasteiger partial charge in [0.2, 0.25) is 0 Å². The number of rotatable bonds is 18. The molecule has 26 nitrogen and oxygen atoms in total. The molecule has 32 heteroatoms. The van der Waals surface area contributed by atoms with Crippen molar-refractivity contribution in [3.8, 4) is 0 Å². The number of nitrogen functional groups attached to an aromatic ring is 2. The highest BCUT2D eigenvalue weighted by atomic mass is 32.3. The van der Waals surface area contributed by atoms with Crippen LogP contribution in [0.15, 0.2) is 147 Å². The molecule has 6 aromatic carbocycles. The zero-order chi connectivity index (χ0) is 50.0. The van der Waals surface area contributed by atoms with Crippen LogP contribution in [0.25, 0.3) is 21.5 Å². The summed E-state index contributed by atoms with van der Waals surface area (Å²) in [6.07, 6.45) is 0. The first-order chi connectivity index (χ1) is 31.5. The number of anilines is 2. The first-order valence-corrected chi connectivity index (χ1v) is 27.2. The Hall–Kier alpha value is -6.30. The highest BCUT2D eigenvalue weighted by molar-refractivity contribution is 7.91. The second kappa shape index (κ2) is 19.4. The second-order valence-electron chi connectivity index (χ2n) is 13.8. The van der Waals surface area contributed by atoms with E-state index in [0.29, 0.717) is 10.8 Å². The van der Waals surface area contributed by atoms with Gasteiger partial charge in [0, 0.05) is 10.8 Å². The molecular formula is C36H32N8O18S6. The van der Waals surface area contributed by atoms with Crippen molar-refractivity contribution in [2.24, 2.45) is 30.7 Å². The topological polar surface area (TPSA) is 430 Å². The van der Waals surface area contributed by atoms with Crippen LogP contribution in [0.1, 0.15) is 0 Å². The molecule has 0 spiro atoms. The van der Waals surface area contributed by atoms with Gasteiger partial charge in [0.25, 0.3) is 20.2 Å². The Kier molecular flexibility index (Phi) is 14.6. The Labute approximate surface area is 386 Å². The molecule has 6 rings (SSSR count). The first kappa shape index (κ1) is 51.1. The number of fused-ring (bicyclic) bond motifs is 2. The van der Waals surface area contributed by atoms with E-state index in [1.807, 2.05) is 0 Å². The van der Waals surface area contributed by atoms with Crippen molar-refractivity contribution in [2.75, 3.05) is 36.2 Å². The van der Waals surface area contributed by atoms with Gasteiger partial charge in [-0.25, -0.2) is 25.2 Å². The van der Waals surface area contributed by atoms with Gasteiger partial charge >= 0.3 is 20.8 Å². The normalized spacial score (nSPS) is 13.4. The molecule has 0 unspecified atom stereocenters. The summed E-state index contributed by atoms with van der Waals surface area (Å²) in [6.45, 7) is -1.73. The second-order valence-corrected chi connectivity index (χ2v) is 23.0. The molecule has 0 aliphatic carbocycles. The zero-order valence-corrected chi connectivity index (χ0v) is 38.8. The van der Waals surface area contributed by atoms with E-state index >= 15 is 0 Å². The van der Waals surface area contributed by atoms with E-state index in [4.69, 9.17) is 20.6 Å². The number of sulfone groups is 2. The van der Waals surface area contributed by atoms with Gasteiger partial charge in [0.15, 0.2) is 19.7 Å². The molecule has 0 fully saturated rings. The molecule has 0 radical (unpaired) electrons. The van der Waals surface area contributed by atoms with Crippen LogP contribution in [0, 0.1) is 0 Å². The molecule has 0 atom stereocenters. The van der Waals surface area contributed by atoms with Crippen LogP contribution >= 0.6 is 0 Å². The highest BCUT2D eigenvalue weighted by Gasteiger charge is 2.24. The van der Waals surface area contributed by atoms with Gasteiger partial charge in [-0.15, -0.1) is 20.5 Å². The van der Waals surface area contributed by atoms with Crippen LogP contribution in [0.4, 0.5) is 45.5 Å². The summed E-state index contributed by atoms with van der Waals surface area (Å²) in [5.41, 5.74) is 10.5. The quantitative estimate of drug-likeness (QED) is 0.0322. The number of hydrogen-bond acceptors (Lipinski definition) is 22. The lowest BCUT2D eigenvalue weighted by atomic mass is 10.1. The maximum Gasteiger partial charge on any atom is 0.397 e. The van der Waals surface area contributed by atoms with Crippen LogP contribution < -0.4 is 11.5 Å². The standard InChI is InChI=1S/C36H32N8O18S6/c37-34-32(20-33(66(52,53)54)35(38)36(34)44-40-24-6-4-22-17-26(7-5-21(22)16-24)64(47,48)15-13-62-68(58,59)60)43-42-30-10-11-31(29-19-27(65(49,50)51)8-9-28(29)30)41-39-23-2-1-3-25(18-23)63(45,46)14-12-61-67(55,56)57/h1-11,16-20H,12-15,37-38H2,(H,49,50,51)(H,52,53,54)(H,55,56,57)(H,58,59,60)/b41-39+,43-42+,44-40+. The minimum absolute atomic E-state index is 0.0108. The molecule has 0 bridgehead atoms. The van der Waals surface area contributed by atoms with Gasteiger partial charge < -0.3 is 11.5 Å². The van der Waals surface area contributed by atoms with Gasteiger partial charge in [-0.2, -0.15) is 43.9 Å². The monoisotopic (exact) mass is 1060 g/mol. The van der Waals surface area contributed by atoms with Gasteiger partial charge in [0.1, 0.15) is 16.3 Å². The molecule has 68 heavy (non-hydrogen) atoms. The smallest absolute Gasteiger partial charge is 0.396 e. The van der Waals surface area contributed by atoms with Crippen LogP contribution in [-0.4, -0.2) is 93.4 Å². The third-order valence-corrected chi connectivity index (χ3v) is 15.2. The summed E-state index contributed by atoms with van der Waals surface area (Å²) in [6, 6.07) is 19.8. The molecule has 0 heterocycles.